The Morgan fingerprint density at radius 2 is 1.14 bits per heavy atom. The second-order valence-electron chi connectivity index (χ2n) is 17.3. The van der Waals surface area contributed by atoms with Gasteiger partial charge >= 0.3 is 12.2 Å². The average molecular weight is 805 g/mol. The maximum absolute atomic E-state index is 12.8. The molecule has 1 rings (SSSR count). The van der Waals surface area contributed by atoms with Crippen LogP contribution in [0.4, 0.5) is 9.59 Å². The molecule has 57 heavy (non-hydrogen) atoms. The number of nitrogens with zero attached hydrogens (tertiary/aromatic N) is 1. The Bertz CT molecular complexity index is 972. The van der Waals surface area contributed by atoms with Gasteiger partial charge in [-0.05, 0) is 103 Å². The molecule has 1 unspecified atom stereocenters. The Morgan fingerprint density at radius 3 is 1.65 bits per heavy atom. The second kappa shape index (κ2) is 39.4. The summed E-state index contributed by atoms with van der Waals surface area (Å²) in [6, 6.07) is -0.0749. The predicted molar refractivity (Wildman–Crippen MR) is 240 cm³/mol. The molecule has 0 aliphatic carbocycles. The summed E-state index contributed by atoms with van der Waals surface area (Å²) >= 11 is 0. The number of aliphatic hydroxyl groups excluding tert-OH is 1. The van der Waals surface area contributed by atoms with Gasteiger partial charge in [-0.1, -0.05) is 148 Å². The molecule has 1 aliphatic heterocycles. The highest BCUT2D eigenvalue weighted by atomic mass is 16.6. The molecule has 1 fully saturated rings. The Labute approximate surface area is 352 Å². The maximum Gasteiger partial charge on any atom is 0.410 e. The van der Waals surface area contributed by atoms with Crippen molar-refractivity contribution in [2.45, 2.75) is 239 Å². The zero-order chi connectivity index (χ0) is 41.4. The van der Waals surface area contributed by atoms with Crippen LogP contribution in [0.2, 0.25) is 0 Å². The van der Waals surface area contributed by atoms with E-state index in [4.69, 9.17) is 14.2 Å². The van der Waals surface area contributed by atoms with Crippen molar-refractivity contribution < 1.29 is 28.9 Å². The molecule has 0 bridgehead atoms. The fraction of sp³-hybridized carbons (Fsp3) is 0.878. The molecular formula is C49H92N2O6. The number of aliphatic hydroxyl groups is 1. The Balaban J connectivity index is 1.91. The van der Waals surface area contributed by atoms with Gasteiger partial charge in [0.05, 0.1) is 44.6 Å². The maximum atomic E-state index is 12.8. The van der Waals surface area contributed by atoms with Crippen molar-refractivity contribution in [3.63, 3.8) is 0 Å². The molecule has 0 aromatic heterocycles. The number of hydrogen-bond donors (Lipinski definition) is 2. The molecule has 2 amide bonds. The van der Waals surface area contributed by atoms with E-state index in [0.717, 1.165) is 64.3 Å². The van der Waals surface area contributed by atoms with Crippen LogP contribution in [0.25, 0.3) is 0 Å². The highest BCUT2D eigenvalue weighted by Crippen LogP contribution is 2.21. The number of unbranched alkanes of at least 4 members (excludes halogenated alkanes) is 22. The minimum absolute atomic E-state index is 0.0548. The normalized spacial score (nSPS) is 15.6. The quantitative estimate of drug-likeness (QED) is 0.0474. The van der Waals surface area contributed by atoms with E-state index in [1.165, 1.54) is 135 Å². The Morgan fingerprint density at radius 1 is 0.667 bits per heavy atom. The molecule has 1 saturated heterocycles. The van der Waals surface area contributed by atoms with Crippen molar-refractivity contribution in [1.29, 1.82) is 0 Å². The molecule has 0 radical (unpaired) electrons. The predicted octanol–water partition coefficient (Wildman–Crippen LogP) is 13.8. The highest BCUT2D eigenvalue weighted by molar-refractivity contribution is 5.68. The second-order valence-corrected chi connectivity index (χ2v) is 17.3. The van der Waals surface area contributed by atoms with E-state index in [9.17, 15) is 14.7 Å². The first-order valence-electron chi connectivity index (χ1n) is 24.3. The van der Waals surface area contributed by atoms with E-state index in [2.05, 4.69) is 57.3 Å². The number of carbonyl (C=O) groups excluding carboxylic acids is 2. The molecule has 3 atom stereocenters. The van der Waals surface area contributed by atoms with Crippen molar-refractivity contribution in [3.8, 4) is 0 Å². The van der Waals surface area contributed by atoms with Gasteiger partial charge in [0.2, 0.25) is 0 Å². The number of ether oxygens (including phenoxy) is 3. The SMILES string of the molecule is CCCCCCCC/C=C\CCCCCCCCOC(=O)N1CCC[C@H]1COC(C)CCCCCC/C=C\CCCCCCCCOC(=O)N[C@H](CO)CC(C)C. The largest absolute Gasteiger partial charge is 0.450 e. The number of hydrogen-bond acceptors (Lipinski definition) is 6. The van der Waals surface area contributed by atoms with Gasteiger partial charge in [0, 0.05) is 6.54 Å². The molecule has 1 aliphatic rings. The lowest BCUT2D eigenvalue weighted by molar-refractivity contribution is 0.0187. The number of likely N-dealkylation sites (tertiary alicyclic amines) is 1. The van der Waals surface area contributed by atoms with E-state index in [0.29, 0.717) is 25.7 Å². The van der Waals surface area contributed by atoms with Crippen molar-refractivity contribution in [2.75, 3.05) is 33.0 Å². The van der Waals surface area contributed by atoms with Crippen LogP contribution in [0.15, 0.2) is 24.3 Å². The number of carbonyl (C=O) groups is 2. The number of amides is 2. The summed E-state index contributed by atoms with van der Waals surface area (Å²) in [6.45, 7) is 10.9. The molecule has 0 saturated carbocycles. The third-order valence-electron chi connectivity index (χ3n) is 11.3. The number of rotatable bonds is 39. The first-order chi connectivity index (χ1) is 27.9. The molecule has 0 aromatic rings. The number of alkyl carbamates (subject to hydrolysis) is 1. The summed E-state index contributed by atoms with van der Waals surface area (Å²) in [4.78, 5) is 26.6. The molecule has 8 nitrogen and oxygen atoms in total. The number of nitrogens with one attached hydrogen (secondary N) is 1. The van der Waals surface area contributed by atoms with Gasteiger partial charge in [-0.25, -0.2) is 9.59 Å². The lowest BCUT2D eigenvalue weighted by Crippen LogP contribution is -2.39. The van der Waals surface area contributed by atoms with Gasteiger partial charge in [-0.3, -0.25) is 0 Å². The monoisotopic (exact) mass is 805 g/mol. The van der Waals surface area contributed by atoms with Crippen molar-refractivity contribution in [1.82, 2.24) is 10.2 Å². The summed E-state index contributed by atoms with van der Waals surface area (Å²) in [5.74, 6) is 0.416. The Kier molecular flexibility index (Phi) is 36.6. The fourth-order valence-electron chi connectivity index (χ4n) is 7.68. The zero-order valence-electron chi connectivity index (χ0n) is 37.8. The third-order valence-corrected chi connectivity index (χ3v) is 11.3. The van der Waals surface area contributed by atoms with Gasteiger partial charge in [-0.15, -0.1) is 0 Å². The minimum atomic E-state index is -0.418. The molecule has 0 spiro atoms. The van der Waals surface area contributed by atoms with Gasteiger partial charge in [0.1, 0.15) is 0 Å². The first-order valence-corrected chi connectivity index (χ1v) is 24.3. The standard InChI is InChI=1S/C49H92N2O6/c1-5-6-7-8-9-10-11-12-13-15-19-22-25-28-31-34-40-56-49(54)51-38-35-37-47(51)43-57-45(4)36-32-29-26-23-20-17-14-16-18-21-24-27-30-33-39-55-48(53)50-46(42-52)41-44(2)3/h12-14,17,44-47,52H,5-11,15-16,18-43H2,1-4H3,(H,50,53)/b13-12-,17-14-/t45?,46-,47-/m0/s1. The smallest absolute Gasteiger partial charge is 0.410 e. The molecule has 8 heteroatoms. The summed E-state index contributed by atoms with van der Waals surface area (Å²) < 4.78 is 17.1. The lowest BCUT2D eigenvalue weighted by atomic mass is 10.0. The summed E-state index contributed by atoms with van der Waals surface area (Å²) in [5, 5.41) is 12.1. The van der Waals surface area contributed by atoms with Crippen LogP contribution in [0, 0.1) is 5.92 Å². The van der Waals surface area contributed by atoms with Gasteiger partial charge in [-0.2, -0.15) is 0 Å². The van der Waals surface area contributed by atoms with E-state index < -0.39 is 6.09 Å². The summed E-state index contributed by atoms with van der Waals surface area (Å²) in [5.41, 5.74) is 0. The average Bonchev–Trinajstić information content (AvgIpc) is 3.68. The van der Waals surface area contributed by atoms with Crippen molar-refractivity contribution >= 4 is 12.2 Å². The Hall–Kier alpha value is -2.06. The van der Waals surface area contributed by atoms with Crippen LogP contribution in [-0.2, 0) is 14.2 Å². The van der Waals surface area contributed by atoms with Crippen LogP contribution in [0.3, 0.4) is 0 Å². The summed E-state index contributed by atoms with van der Waals surface area (Å²) in [6.07, 6.45) is 45.1. The molecule has 2 N–H and O–H groups in total. The molecule has 0 aromatic carbocycles. The van der Waals surface area contributed by atoms with Gasteiger partial charge in [0.25, 0.3) is 0 Å². The van der Waals surface area contributed by atoms with E-state index >= 15 is 0 Å². The molecule has 334 valence electrons. The van der Waals surface area contributed by atoms with Crippen LogP contribution >= 0.6 is 0 Å². The van der Waals surface area contributed by atoms with E-state index in [-0.39, 0.29) is 30.9 Å². The first kappa shape index (κ1) is 53.0. The lowest BCUT2D eigenvalue weighted by Gasteiger charge is -2.25. The van der Waals surface area contributed by atoms with Crippen molar-refractivity contribution in [2.24, 2.45) is 5.92 Å². The van der Waals surface area contributed by atoms with Crippen molar-refractivity contribution in [3.05, 3.63) is 24.3 Å². The topological polar surface area (TPSA) is 97.3 Å². The van der Waals surface area contributed by atoms with Gasteiger partial charge in [0.15, 0.2) is 0 Å². The zero-order valence-corrected chi connectivity index (χ0v) is 37.8. The molecule has 1 heterocycles. The van der Waals surface area contributed by atoms with Crippen LogP contribution in [-0.4, -0.2) is 73.4 Å². The van der Waals surface area contributed by atoms with E-state index in [1.807, 2.05) is 4.90 Å². The fourth-order valence-corrected chi connectivity index (χ4v) is 7.68. The van der Waals surface area contributed by atoms with Gasteiger partial charge < -0.3 is 29.5 Å². The molecular weight excluding hydrogens is 713 g/mol. The summed E-state index contributed by atoms with van der Waals surface area (Å²) in [7, 11) is 0. The minimum Gasteiger partial charge on any atom is -0.450 e. The van der Waals surface area contributed by atoms with Crippen LogP contribution in [0.1, 0.15) is 220 Å². The van der Waals surface area contributed by atoms with E-state index in [1.54, 1.807) is 0 Å². The van der Waals surface area contributed by atoms with Crippen LogP contribution in [0.5, 0.6) is 0 Å². The third kappa shape index (κ3) is 33.5. The van der Waals surface area contributed by atoms with Crippen LogP contribution < -0.4 is 5.32 Å². The number of allylic oxidation sites excluding steroid dienone is 4. The highest BCUT2D eigenvalue weighted by Gasteiger charge is 2.30.